The van der Waals surface area contributed by atoms with E-state index in [1.54, 1.807) is 28.7 Å². The minimum Gasteiger partial charge on any atom is -0.444 e. The van der Waals surface area contributed by atoms with Crippen molar-refractivity contribution in [3.63, 3.8) is 0 Å². The molecule has 8 nitrogen and oxygen atoms in total. The van der Waals surface area contributed by atoms with E-state index >= 15 is 0 Å². The van der Waals surface area contributed by atoms with Gasteiger partial charge in [-0.25, -0.2) is 19.2 Å². The van der Waals surface area contributed by atoms with Crippen molar-refractivity contribution in [1.29, 1.82) is 0 Å². The Balaban J connectivity index is 1.63. The van der Waals surface area contributed by atoms with E-state index in [0.29, 0.717) is 36.6 Å². The molecule has 1 aliphatic heterocycles. The van der Waals surface area contributed by atoms with Crippen LogP contribution in [0.1, 0.15) is 50.1 Å². The first kappa shape index (κ1) is 25.4. The smallest absolute Gasteiger partial charge is 0.410 e. The average molecular weight is 510 g/mol. The first-order valence-electron chi connectivity index (χ1n) is 11.6. The summed E-state index contributed by atoms with van der Waals surface area (Å²) in [5.74, 6) is 1.69. The second kappa shape index (κ2) is 10.5. The van der Waals surface area contributed by atoms with Crippen LogP contribution in [0.2, 0.25) is 0 Å². The van der Waals surface area contributed by atoms with Crippen molar-refractivity contribution in [2.45, 2.75) is 45.3 Å². The quantitative estimate of drug-likeness (QED) is 0.502. The van der Waals surface area contributed by atoms with Gasteiger partial charge in [-0.15, -0.1) is 17.8 Å². The number of amides is 2. The van der Waals surface area contributed by atoms with Crippen LogP contribution in [0, 0.1) is 18.2 Å². The van der Waals surface area contributed by atoms with Crippen LogP contribution < -0.4 is 5.32 Å². The number of benzene rings is 1. The molecule has 0 radical (unpaired) electrons. The van der Waals surface area contributed by atoms with Gasteiger partial charge in [-0.3, -0.25) is 4.79 Å². The zero-order valence-corrected chi connectivity index (χ0v) is 21.3. The van der Waals surface area contributed by atoms with Gasteiger partial charge in [0.25, 0.3) is 5.91 Å². The Labute approximate surface area is 213 Å². The minimum atomic E-state index is -0.551. The molecule has 0 saturated carbocycles. The molecular weight excluding hydrogens is 481 g/mol. The molecule has 3 heterocycles. The number of thiazole rings is 1. The number of terminal acetylenes is 1. The third-order valence-electron chi connectivity index (χ3n) is 5.71. The van der Waals surface area contributed by atoms with Gasteiger partial charge in [0.1, 0.15) is 27.8 Å². The molecule has 3 aromatic rings. The Morgan fingerprint density at radius 2 is 1.94 bits per heavy atom. The Hall–Kier alpha value is -3.71. The SMILES string of the molecule is C#CCNC(=O)c1csc(-c2c(-c3ccc(F)cc3)ncn2C2CCN(C(=O)OC(C)(C)C)CC2)n1. The summed E-state index contributed by atoms with van der Waals surface area (Å²) in [6.07, 6.45) is 8.07. The van der Waals surface area contributed by atoms with E-state index in [9.17, 15) is 14.0 Å². The number of ether oxygens (including phenoxy) is 1. The Morgan fingerprint density at radius 1 is 1.25 bits per heavy atom. The van der Waals surface area contributed by atoms with Crippen molar-refractivity contribution in [3.8, 4) is 34.3 Å². The van der Waals surface area contributed by atoms with Crippen molar-refractivity contribution >= 4 is 23.3 Å². The summed E-state index contributed by atoms with van der Waals surface area (Å²) in [4.78, 5) is 35.8. The number of carbonyl (C=O) groups is 2. The predicted molar refractivity (Wildman–Crippen MR) is 136 cm³/mol. The van der Waals surface area contributed by atoms with E-state index in [0.717, 1.165) is 11.3 Å². The molecule has 188 valence electrons. The van der Waals surface area contributed by atoms with Crippen molar-refractivity contribution in [2.75, 3.05) is 19.6 Å². The number of imidazole rings is 1. The molecule has 1 N–H and O–H groups in total. The Kier molecular flexibility index (Phi) is 7.40. The van der Waals surface area contributed by atoms with Gasteiger partial charge < -0.3 is 19.5 Å². The summed E-state index contributed by atoms with van der Waals surface area (Å²) in [5, 5.41) is 4.92. The van der Waals surface area contributed by atoms with Crippen molar-refractivity contribution in [1.82, 2.24) is 24.8 Å². The van der Waals surface area contributed by atoms with E-state index in [2.05, 4.69) is 21.2 Å². The van der Waals surface area contributed by atoms with Crippen LogP contribution in [-0.4, -0.2) is 56.7 Å². The van der Waals surface area contributed by atoms with E-state index < -0.39 is 5.60 Å². The topological polar surface area (TPSA) is 89.4 Å². The molecule has 1 saturated heterocycles. The third-order valence-corrected chi connectivity index (χ3v) is 6.56. The van der Waals surface area contributed by atoms with Crippen LogP contribution in [0.4, 0.5) is 9.18 Å². The number of piperidine rings is 1. The van der Waals surface area contributed by atoms with Crippen LogP contribution in [0.25, 0.3) is 22.0 Å². The molecule has 10 heteroatoms. The number of nitrogens with one attached hydrogen (secondary N) is 1. The zero-order chi connectivity index (χ0) is 25.9. The first-order chi connectivity index (χ1) is 17.2. The van der Waals surface area contributed by atoms with E-state index in [-0.39, 0.29) is 36.1 Å². The van der Waals surface area contributed by atoms with Crippen LogP contribution >= 0.6 is 11.3 Å². The Bertz CT molecular complexity index is 1280. The van der Waals surface area contributed by atoms with Crippen LogP contribution in [0.15, 0.2) is 36.0 Å². The van der Waals surface area contributed by atoms with E-state index in [1.165, 1.54) is 23.5 Å². The fourth-order valence-corrected chi connectivity index (χ4v) is 4.88. The predicted octanol–water partition coefficient (Wildman–Crippen LogP) is 4.75. The molecule has 0 bridgehead atoms. The average Bonchev–Trinajstić information content (AvgIpc) is 3.49. The highest BCUT2D eigenvalue weighted by molar-refractivity contribution is 7.13. The lowest BCUT2D eigenvalue weighted by Crippen LogP contribution is -2.42. The first-order valence-corrected chi connectivity index (χ1v) is 12.5. The highest BCUT2D eigenvalue weighted by Gasteiger charge is 2.30. The highest BCUT2D eigenvalue weighted by Crippen LogP contribution is 2.37. The molecule has 0 unspecified atom stereocenters. The van der Waals surface area contributed by atoms with Gasteiger partial charge in [0.05, 0.1) is 18.6 Å². The summed E-state index contributed by atoms with van der Waals surface area (Å²) < 4.78 is 21.1. The second-order valence-corrected chi connectivity index (χ2v) is 10.3. The van der Waals surface area contributed by atoms with Gasteiger partial charge in [-0.05, 0) is 57.9 Å². The molecule has 0 spiro atoms. The molecule has 1 aliphatic rings. The van der Waals surface area contributed by atoms with Crippen molar-refractivity contribution < 1.29 is 18.7 Å². The molecule has 2 amide bonds. The zero-order valence-electron chi connectivity index (χ0n) is 20.5. The lowest BCUT2D eigenvalue weighted by atomic mass is 10.0. The Morgan fingerprint density at radius 3 is 2.58 bits per heavy atom. The number of halogens is 1. The lowest BCUT2D eigenvalue weighted by Gasteiger charge is -2.34. The van der Waals surface area contributed by atoms with Gasteiger partial charge in [0.15, 0.2) is 0 Å². The number of aromatic nitrogens is 3. The number of hydrogen-bond acceptors (Lipinski definition) is 6. The van der Waals surface area contributed by atoms with Crippen LogP contribution in [-0.2, 0) is 4.74 Å². The maximum Gasteiger partial charge on any atom is 0.410 e. The summed E-state index contributed by atoms with van der Waals surface area (Å²) in [6.45, 7) is 6.74. The summed E-state index contributed by atoms with van der Waals surface area (Å²) >= 11 is 1.33. The fraction of sp³-hybridized carbons (Fsp3) is 0.385. The number of likely N-dealkylation sites (tertiary alicyclic amines) is 1. The van der Waals surface area contributed by atoms with E-state index in [1.807, 2.05) is 25.3 Å². The number of nitrogens with zero attached hydrogens (tertiary/aromatic N) is 4. The van der Waals surface area contributed by atoms with E-state index in [4.69, 9.17) is 11.2 Å². The summed E-state index contributed by atoms with van der Waals surface area (Å²) in [5.41, 5.74) is 1.85. The number of rotatable bonds is 5. The fourth-order valence-electron chi connectivity index (χ4n) is 4.03. The summed E-state index contributed by atoms with van der Waals surface area (Å²) in [7, 11) is 0. The van der Waals surface area contributed by atoms with Crippen LogP contribution in [0.5, 0.6) is 0 Å². The lowest BCUT2D eigenvalue weighted by molar-refractivity contribution is 0.0189. The minimum absolute atomic E-state index is 0.0583. The second-order valence-electron chi connectivity index (χ2n) is 9.48. The molecule has 4 rings (SSSR count). The normalized spacial score (nSPS) is 14.4. The van der Waals surface area contributed by atoms with Gasteiger partial charge in [-0.1, -0.05) is 5.92 Å². The maximum atomic E-state index is 13.6. The standard InChI is InChI=1S/C26H28FN5O3S/c1-5-12-28-23(33)20-15-36-24(30-20)22-21(17-6-8-18(27)9-7-17)29-16-32(22)19-10-13-31(14-11-19)25(34)35-26(2,3)4/h1,6-9,15-16,19H,10-14H2,2-4H3,(H,28,33). The number of carbonyl (C=O) groups excluding carboxylic acids is 2. The van der Waals surface area contributed by atoms with Gasteiger partial charge in [0, 0.05) is 30.1 Å². The molecular formula is C26H28FN5O3S. The van der Waals surface area contributed by atoms with Gasteiger partial charge in [0.2, 0.25) is 0 Å². The summed E-state index contributed by atoms with van der Waals surface area (Å²) in [6, 6.07) is 6.17. The van der Waals surface area contributed by atoms with Crippen LogP contribution in [0.3, 0.4) is 0 Å². The molecule has 1 fully saturated rings. The molecule has 2 aromatic heterocycles. The van der Waals surface area contributed by atoms with Crippen molar-refractivity contribution in [2.24, 2.45) is 0 Å². The molecule has 36 heavy (non-hydrogen) atoms. The van der Waals surface area contributed by atoms with Crippen molar-refractivity contribution in [3.05, 3.63) is 47.5 Å². The van der Waals surface area contributed by atoms with Gasteiger partial charge >= 0.3 is 6.09 Å². The third kappa shape index (κ3) is 5.74. The maximum absolute atomic E-state index is 13.6. The monoisotopic (exact) mass is 509 g/mol. The number of hydrogen-bond donors (Lipinski definition) is 1. The molecule has 0 atom stereocenters. The molecule has 1 aromatic carbocycles. The largest absolute Gasteiger partial charge is 0.444 e. The van der Waals surface area contributed by atoms with Gasteiger partial charge in [-0.2, -0.15) is 0 Å². The molecule has 0 aliphatic carbocycles. The highest BCUT2D eigenvalue weighted by atomic mass is 32.1.